The van der Waals surface area contributed by atoms with Gasteiger partial charge in [-0.3, -0.25) is 9.59 Å². The number of thioether (sulfide) groups is 1. The maximum atomic E-state index is 13.4. The Morgan fingerprint density at radius 1 is 1.10 bits per heavy atom. The van der Waals surface area contributed by atoms with E-state index in [0.29, 0.717) is 25.3 Å². The van der Waals surface area contributed by atoms with Crippen molar-refractivity contribution in [2.24, 2.45) is 0 Å². The number of fused-ring (bicyclic) bond motifs is 2. The summed E-state index contributed by atoms with van der Waals surface area (Å²) >= 11 is 1.52. The molecule has 2 aromatic rings. The molecule has 0 saturated carbocycles. The lowest BCUT2D eigenvalue weighted by Crippen LogP contribution is -2.31. The average Bonchev–Trinajstić information content (AvgIpc) is 3.12. The molecular formula is C23H24N2O4S. The SMILES string of the molecule is C[C@@H]1Sc2ccc(C(=O)N3CCC[C@@H]3c3ccc4c(c3)OCCCO4)cc2NC1=O. The number of hydrogen-bond donors (Lipinski definition) is 1. The fourth-order valence-electron chi connectivity index (χ4n) is 4.25. The molecule has 2 amide bonds. The summed E-state index contributed by atoms with van der Waals surface area (Å²) in [4.78, 5) is 28.3. The summed E-state index contributed by atoms with van der Waals surface area (Å²) in [5, 5.41) is 2.79. The molecule has 0 unspecified atom stereocenters. The number of likely N-dealkylation sites (tertiary alicyclic amines) is 1. The number of carbonyl (C=O) groups is 2. The number of rotatable bonds is 2. The van der Waals surface area contributed by atoms with E-state index in [1.807, 2.05) is 42.2 Å². The van der Waals surface area contributed by atoms with Gasteiger partial charge in [-0.25, -0.2) is 0 Å². The second-order valence-electron chi connectivity index (χ2n) is 7.87. The molecule has 1 saturated heterocycles. The number of nitrogens with zero attached hydrogens (tertiary/aromatic N) is 1. The minimum absolute atomic E-state index is 0.00896. The minimum Gasteiger partial charge on any atom is -0.490 e. The lowest BCUT2D eigenvalue weighted by atomic mass is 10.0. The lowest BCUT2D eigenvalue weighted by Gasteiger charge is -2.27. The Bertz CT molecular complexity index is 1010. The van der Waals surface area contributed by atoms with E-state index >= 15 is 0 Å². The Hall–Kier alpha value is -2.67. The number of anilines is 1. The van der Waals surface area contributed by atoms with Crippen molar-refractivity contribution >= 4 is 29.3 Å². The first-order valence-corrected chi connectivity index (χ1v) is 11.3. The molecule has 0 radical (unpaired) electrons. The van der Waals surface area contributed by atoms with Crippen LogP contribution < -0.4 is 14.8 Å². The zero-order chi connectivity index (χ0) is 20.7. The smallest absolute Gasteiger partial charge is 0.254 e. The van der Waals surface area contributed by atoms with Gasteiger partial charge in [0.1, 0.15) is 0 Å². The highest BCUT2D eigenvalue weighted by atomic mass is 32.2. The Kier molecular flexibility index (Phi) is 5.06. The number of nitrogens with one attached hydrogen (secondary N) is 1. The van der Waals surface area contributed by atoms with E-state index in [2.05, 4.69) is 5.32 Å². The molecule has 6 nitrogen and oxygen atoms in total. The molecule has 3 aliphatic heterocycles. The monoisotopic (exact) mass is 424 g/mol. The van der Waals surface area contributed by atoms with Gasteiger partial charge in [0.2, 0.25) is 5.91 Å². The molecule has 5 rings (SSSR count). The summed E-state index contributed by atoms with van der Waals surface area (Å²) in [6, 6.07) is 11.6. The van der Waals surface area contributed by atoms with Crippen molar-refractivity contribution in [3.63, 3.8) is 0 Å². The Morgan fingerprint density at radius 3 is 2.80 bits per heavy atom. The topological polar surface area (TPSA) is 67.9 Å². The van der Waals surface area contributed by atoms with Crippen molar-refractivity contribution < 1.29 is 19.1 Å². The molecule has 0 spiro atoms. The van der Waals surface area contributed by atoms with Gasteiger partial charge in [0.25, 0.3) is 5.91 Å². The summed E-state index contributed by atoms with van der Waals surface area (Å²) in [7, 11) is 0. The van der Waals surface area contributed by atoms with Gasteiger partial charge in [-0.15, -0.1) is 11.8 Å². The summed E-state index contributed by atoms with van der Waals surface area (Å²) in [5.41, 5.74) is 2.39. The van der Waals surface area contributed by atoms with Crippen LogP contribution in [-0.4, -0.2) is 41.7 Å². The van der Waals surface area contributed by atoms with Gasteiger partial charge in [0.05, 0.1) is 30.2 Å². The molecule has 2 aromatic carbocycles. The molecule has 0 aromatic heterocycles. The molecule has 1 fully saturated rings. The third kappa shape index (κ3) is 3.51. The van der Waals surface area contributed by atoms with Crippen LogP contribution in [0.4, 0.5) is 5.69 Å². The van der Waals surface area contributed by atoms with Crippen molar-refractivity contribution in [2.45, 2.75) is 42.4 Å². The molecule has 0 aliphatic carbocycles. The predicted molar refractivity (Wildman–Crippen MR) is 115 cm³/mol. The van der Waals surface area contributed by atoms with E-state index in [1.54, 1.807) is 6.07 Å². The van der Waals surface area contributed by atoms with Crippen LogP contribution in [0.15, 0.2) is 41.3 Å². The quantitative estimate of drug-likeness (QED) is 0.780. The maximum Gasteiger partial charge on any atom is 0.254 e. The first-order valence-electron chi connectivity index (χ1n) is 10.4. The summed E-state index contributed by atoms with van der Waals surface area (Å²) in [5.74, 6) is 1.49. The van der Waals surface area contributed by atoms with Gasteiger partial charge in [0.15, 0.2) is 11.5 Å². The molecule has 1 N–H and O–H groups in total. The highest BCUT2D eigenvalue weighted by Gasteiger charge is 2.32. The second-order valence-corrected chi connectivity index (χ2v) is 9.26. The van der Waals surface area contributed by atoms with E-state index in [9.17, 15) is 9.59 Å². The second kappa shape index (κ2) is 7.87. The third-order valence-corrected chi connectivity index (χ3v) is 7.00. The normalized spacial score (nSPS) is 22.8. The number of hydrogen-bond acceptors (Lipinski definition) is 5. The number of ether oxygens (including phenoxy) is 2. The van der Waals surface area contributed by atoms with E-state index in [0.717, 1.165) is 46.9 Å². The van der Waals surface area contributed by atoms with E-state index in [-0.39, 0.29) is 23.1 Å². The van der Waals surface area contributed by atoms with Crippen molar-refractivity contribution in [3.05, 3.63) is 47.5 Å². The molecule has 30 heavy (non-hydrogen) atoms. The van der Waals surface area contributed by atoms with Crippen molar-refractivity contribution in [1.82, 2.24) is 4.90 Å². The fraction of sp³-hybridized carbons (Fsp3) is 0.391. The molecule has 3 heterocycles. The summed E-state index contributed by atoms with van der Waals surface area (Å²) in [6.07, 6.45) is 2.74. The number of amides is 2. The fourth-order valence-corrected chi connectivity index (χ4v) is 5.18. The van der Waals surface area contributed by atoms with Crippen LogP contribution in [0.25, 0.3) is 0 Å². The van der Waals surface area contributed by atoms with Gasteiger partial charge >= 0.3 is 0 Å². The highest BCUT2D eigenvalue weighted by molar-refractivity contribution is 8.00. The average molecular weight is 425 g/mol. The third-order valence-electron chi connectivity index (χ3n) is 5.83. The highest BCUT2D eigenvalue weighted by Crippen LogP contribution is 2.40. The van der Waals surface area contributed by atoms with Crippen molar-refractivity contribution in [3.8, 4) is 11.5 Å². The molecule has 3 aliphatic rings. The van der Waals surface area contributed by atoms with Gasteiger partial charge < -0.3 is 19.7 Å². The van der Waals surface area contributed by atoms with E-state index < -0.39 is 0 Å². The largest absolute Gasteiger partial charge is 0.490 e. The van der Waals surface area contributed by atoms with Crippen LogP contribution in [0.3, 0.4) is 0 Å². The Labute approximate surface area is 179 Å². The standard InChI is InChI=1S/C23H24N2O4S/c1-14-22(26)24-17-12-16(6-8-21(17)30-14)23(27)25-9-2-4-18(25)15-5-7-19-20(13-15)29-11-3-10-28-19/h5-8,12-14,18H,2-4,9-11H2,1H3,(H,24,26)/t14-,18+/m0/s1. The van der Waals surface area contributed by atoms with Gasteiger partial charge in [-0.05, 0) is 55.7 Å². The predicted octanol–water partition coefficient (Wildman–Crippen LogP) is 4.26. The number of carbonyl (C=O) groups excluding carboxylic acids is 2. The molecular weight excluding hydrogens is 400 g/mol. The van der Waals surface area contributed by atoms with Crippen molar-refractivity contribution in [2.75, 3.05) is 25.1 Å². The number of benzene rings is 2. The van der Waals surface area contributed by atoms with E-state index in [4.69, 9.17) is 9.47 Å². The minimum atomic E-state index is -0.124. The van der Waals surface area contributed by atoms with Crippen LogP contribution in [-0.2, 0) is 4.79 Å². The maximum absolute atomic E-state index is 13.4. The van der Waals surface area contributed by atoms with Crippen LogP contribution in [0.2, 0.25) is 0 Å². The van der Waals surface area contributed by atoms with E-state index in [1.165, 1.54) is 11.8 Å². The molecule has 7 heteroatoms. The zero-order valence-electron chi connectivity index (χ0n) is 16.8. The van der Waals surface area contributed by atoms with Crippen LogP contribution in [0, 0.1) is 0 Å². The van der Waals surface area contributed by atoms with Crippen molar-refractivity contribution in [1.29, 1.82) is 0 Å². The van der Waals surface area contributed by atoms with Crippen LogP contribution in [0.5, 0.6) is 11.5 Å². The first-order chi connectivity index (χ1) is 14.6. The Balaban J connectivity index is 1.40. The summed E-state index contributed by atoms with van der Waals surface area (Å²) < 4.78 is 11.6. The Morgan fingerprint density at radius 2 is 1.93 bits per heavy atom. The molecule has 2 atom stereocenters. The first kappa shape index (κ1) is 19.3. The zero-order valence-corrected chi connectivity index (χ0v) is 17.7. The van der Waals surface area contributed by atoms with Gasteiger partial charge in [-0.2, -0.15) is 0 Å². The van der Waals surface area contributed by atoms with Crippen LogP contribution in [0.1, 0.15) is 48.1 Å². The molecule has 156 valence electrons. The summed E-state index contributed by atoms with van der Waals surface area (Å²) in [6.45, 7) is 3.90. The molecule has 0 bridgehead atoms. The van der Waals surface area contributed by atoms with Gasteiger partial charge in [-0.1, -0.05) is 6.07 Å². The lowest BCUT2D eigenvalue weighted by molar-refractivity contribution is -0.115. The van der Waals surface area contributed by atoms with Crippen LogP contribution >= 0.6 is 11.8 Å². The van der Waals surface area contributed by atoms with Gasteiger partial charge in [0, 0.05) is 23.4 Å².